The number of nitro benzene ring substituents is 1. The van der Waals surface area contributed by atoms with E-state index < -0.39 is 16.9 Å². The van der Waals surface area contributed by atoms with Crippen LogP contribution in [-0.2, 0) is 11.2 Å². The van der Waals surface area contributed by atoms with E-state index in [9.17, 15) is 14.9 Å². The van der Waals surface area contributed by atoms with Crippen molar-refractivity contribution in [3.05, 3.63) is 33.9 Å². The molecule has 1 aromatic carbocycles. The fraction of sp³-hybridized carbons (Fsp3) is 0.300. The summed E-state index contributed by atoms with van der Waals surface area (Å²) in [6.45, 7) is 0. The average Bonchev–Trinajstić information content (AvgIpc) is 2.28. The predicted molar refractivity (Wildman–Crippen MR) is 66.2 cm³/mol. The summed E-state index contributed by atoms with van der Waals surface area (Å²) in [5.74, 6) is -1.02. The third-order valence-electron chi connectivity index (χ3n) is 2.21. The van der Waals surface area contributed by atoms with Crippen LogP contribution in [0.3, 0.4) is 0 Å². The molecular weight excluding hydrogens is 264 g/mol. The number of hydrogen-bond donors (Lipinski definition) is 2. The van der Waals surface area contributed by atoms with Gasteiger partial charge < -0.3 is 15.6 Å². The van der Waals surface area contributed by atoms with Gasteiger partial charge in [-0.1, -0.05) is 6.07 Å². The van der Waals surface area contributed by atoms with Gasteiger partial charge in [-0.2, -0.15) is 0 Å². The highest BCUT2D eigenvalue weighted by Gasteiger charge is 2.18. The lowest BCUT2D eigenvalue weighted by Crippen LogP contribution is -2.32. The Hall–Kier alpha value is -1.86. The highest BCUT2D eigenvalue weighted by atomic mass is 35.5. The number of aliphatic carboxylic acids is 1. The zero-order valence-electron chi connectivity index (χ0n) is 9.53. The van der Waals surface area contributed by atoms with Gasteiger partial charge in [0, 0.05) is 6.07 Å². The smallest absolute Gasteiger partial charge is 0.320 e. The molecule has 8 heteroatoms. The third kappa shape index (κ3) is 3.86. The molecule has 7 nitrogen and oxygen atoms in total. The molecular formula is C10H13ClN2O5. The molecule has 1 atom stereocenters. The number of ether oxygens (including phenoxy) is 1. The molecule has 0 amide bonds. The molecule has 0 aliphatic carbocycles. The molecule has 1 aromatic rings. The molecule has 0 unspecified atom stereocenters. The largest absolute Gasteiger partial charge is 0.490 e. The Balaban J connectivity index is 0.00000289. The van der Waals surface area contributed by atoms with Gasteiger partial charge in [0.1, 0.15) is 6.04 Å². The fourth-order valence-electron chi connectivity index (χ4n) is 1.35. The second kappa shape index (κ2) is 6.77. The van der Waals surface area contributed by atoms with Crippen molar-refractivity contribution in [1.29, 1.82) is 0 Å². The molecule has 0 saturated carbocycles. The standard InChI is InChI=1S/C10H12N2O5.ClH/c1-17-9-3-2-6(4-7(11)10(13)14)5-8(9)12(15)16;/h2-3,5,7H,4,11H2,1H3,(H,13,14);1H/t7-;/m0./s1. The van der Waals surface area contributed by atoms with Crippen molar-refractivity contribution in [3.63, 3.8) is 0 Å². The third-order valence-corrected chi connectivity index (χ3v) is 2.21. The highest BCUT2D eigenvalue weighted by Crippen LogP contribution is 2.27. The van der Waals surface area contributed by atoms with Gasteiger partial charge in [0.15, 0.2) is 5.75 Å². The van der Waals surface area contributed by atoms with Crippen molar-refractivity contribution in [2.75, 3.05) is 7.11 Å². The number of halogens is 1. The number of carbonyl (C=O) groups is 1. The minimum absolute atomic E-state index is 0. The van der Waals surface area contributed by atoms with Crippen molar-refractivity contribution in [2.45, 2.75) is 12.5 Å². The van der Waals surface area contributed by atoms with Crippen LogP contribution in [0.15, 0.2) is 18.2 Å². The summed E-state index contributed by atoms with van der Waals surface area (Å²) >= 11 is 0. The van der Waals surface area contributed by atoms with E-state index >= 15 is 0 Å². The number of carboxylic acids is 1. The van der Waals surface area contributed by atoms with Crippen LogP contribution < -0.4 is 10.5 Å². The van der Waals surface area contributed by atoms with E-state index in [-0.39, 0.29) is 30.3 Å². The average molecular weight is 277 g/mol. The molecule has 0 spiro atoms. The van der Waals surface area contributed by atoms with E-state index in [1.54, 1.807) is 6.07 Å². The zero-order valence-corrected chi connectivity index (χ0v) is 10.3. The monoisotopic (exact) mass is 276 g/mol. The molecule has 0 aliphatic heterocycles. The molecule has 100 valence electrons. The van der Waals surface area contributed by atoms with Crippen LogP contribution in [0.1, 0.15) is 5.56 Å². The van der Waals surface area contributed by atoms with E-state index in [0.717, 1.165) is 0 Å². The first-order chi connectivity index (χ1) is 7.95. The zero-order chi connectivity index (χ0) is 13.0. The lowest BCUT2D eigenvalue weighted by molar-refractivity contribution is -0.385. The van der Waals surface area contributed by atoms with Gasteiger partial charge in [0.25, 0.3) is 0 Å². The quantitative estimate of drug-likeness (QED) is 0.612. The summed E-state index contributed by atoms with van der Waals surface area (Å²) < 4.78 is 4.82. The van der Waals surface area contributed by atoms with E-state index in [0.29, 0.717) is 5.56 Å². The lowest BCUT2D eigenvalue weighted by atomic mass is 10.1. The van der Waals surface area contributed by atoms with Crippen LogP contribution in [0.4, 0.5) is 5.69 Å². The van der Waals surface area contributed by atoms with Gasteiger partial charge in [-0.15, -0.1) is 12.4 Å². The predicted octanol–water partition coefficient (Wildman–Crippen LogP) is 0.980. The van der Waals surface area contributed by atoms with Crippen molar-refractivity contribution < 1.29 is 19.6 Å². The first-order valence-electron chi connectivity index (χ1n) is 4.75. The SMILES string of the molecule is COc1ccc(C[C@H](N)C(=O)O)cc1[N+](=O)[O-].Cl. The Morgan fingerprint density at radius 2 is 2.22 bits per heavy atom. The first kappa shape index (κ1) is 16.1. The van der Waals surface area contributed by atoms with Gasteiger partial charge in [0.2, 0.25) is 0 Å². The number of nitrogens with two attached hydrogens (primary N) is 1. The Morgan fingerprint density at radius 3 is 2.67 bits per heavy atom. The van der Waals surface area contributed by atoms with Crippen LogP contribution in [0.2, 0.25) is 0 Å². The van der Waals surface area contributed by atoms with Gasteiger partial charge in [-0.25, -0.2) is 0 Å². The van der Waals surface area contributed by atoms with Crippen LogP contribution in [0.25, 0.3) is 0 Å². The normalized spacial score (nSPS) is 11.2. The second-order valence-electron chi connectivity index (χ2n) is 3.41. The van der Waals surface area contributed by atoms with E-state index in [4.69, 9.17) is 15.6 Å². The molecule has 0 bridgehead atoms. The second-order valence-corrected chi connectivity index (χ2v) is 3.41. The van der Waals surface area contributed by atoms with Crippen molar-refractivity contribution >= 4 is 24.1 Å². The molecule has 18 heavy (non-hydrogen) atoms. The Morgan fingerprint density at radius 1 is 1.61 bits per heavy atom. The molecule has 0 aliphatic rings. The number of nitrogens with zero attached hydrogens (tertiary/aromatic N) is 1. The summed E-state index contributed by atoms with van der Waals surface area (Å²) in [6, 6.07) is 3.15. The molecule has 0 saturated heterocycles. The fourth-order valence-corrected chi connectivity index (χ4v) is 1.35. The maximum absolute atomic E-state index is 10.7. The maximum atomic E-state index is 10.7. The van der Waals surface area contributed by atoms with Crippen molar-refractivity contribution in [2.24, 2.45) is 5.73 Å². The van der Waals surface area contributed by atoms with Crippen LogP contribution >= 0.6 is 12.4 Å². The molecule has 3 N–H and O–H groups in total. The summed E-state index contributed by atoms with van der Waals surface area (Å²) in [5.41, 5.74) is 5.62. The van der Waals surface area contributed by atoms with Gasteiger partial charge in [-0.05, 0) is 18.1 Å². The minimum Gasteiger partial charge on any atom is -0.490 e. The van der Waals surface area contributed by atoms with E-state index in [2.05, 4.69) is 0 Å². The van der Waals surface area contributed by atoms with Crippen molar-refractivity contribution in [1.82, 2.24) is 0 Å². The topological polar surface area (TPSA) is 116 Å². The van der Waals surface area contributed by atoms with Crippen molar-refractivity contribution in [3.8, 4) is 5.75 Å². The van der Waals surface area contributed by atoms with Crippen LogP contribution in [-0.4, -0.2) is 29.2 Å². The number of benzene rings is 1. The molecule has 0 heterocycles. The number of methoxy groups -OCH3 is 1. The maximum Gasteiger partial charge on any atom is 0.320 e. The van der Waals surface area contributed by atoms with Gasteiger partial charge in [-0.3, -0.25) is 14.9 Å². The number of hydrogen-bond acceptors (Lipinski definition) is 5. The summed E-state index contributed by atoms with van der Waals surface area (Å²) in [6.07, 6.45) is 0.0279. The molecule has 0 fully saturated rings. The molecule has 0 radical (unpaired) electrons. The van der Waals surface area contributed by atoms with Gasteiger partial charge >= 0.3 is 11.7 Å². The van der Waals surface area contributed by atoms with Crippen LogP contribution in [0.5, 0.6) is 5.75 Å². The first-order valence-corrected chi connectivity index (χ1v) is 4.75. The highest BCUT2D eigenvalue weighted by molar-refractivity contribution is 5.85. The number of rotatable bonds is 5. The van der Waals surface area contributed by atoms with Crippen LogP contribution in [0, 0.1) is 10.1 Å². The summed E-state index contributed by atoms with van der Waals surface area (Å²) in [7, 11) is 1.32. The summed E-state index contributed by atoms with van der Waals surface area (Å²) in [4.78, 5) is 20.7. The molecule has 0 aromatic heterocycles. The van der Waals surface area contributed by atoms with E-state index in [1.807, 2.05) is 0 Å². The Labute approximate surface area is 109 Å². The number of nitro groups is 1. The summed E-state index contributed by atoms with van der Waals surface area (Å²) in [5, 5.41) is 19.4. The molecule has 1 rings (SSSR count). The Bertz CT molecular complexity index is 452. The minimum atomic E-state index is -1.15. The van der Waals surface area contributed by atoms with E-state index in [1.165, 1.54) is 19.2 Å². The number of carboxylic acid groups (broad SMARTS) is 1. The lowest BCUT2D eigenvalue weighted by Gasteiger charge is -2.07. The Kier molecular flexibility index (Phi) is 6.07. The van der Waals surface area contributed by atoms with Gasteiger partial charge in [0.05, 0.1) is 12.0 Å².